The summed E-state index contributed by atoms with van der Waals surface area (Å²) in [6, 6.07) is 16.3. The number of fused-ring (bicyclic) bond motifs is 2. The van der Waals surface area contributed by atoms with Gasteiger partial charge in [-0.15, -0.1) is 0 Å². The number of carbonyl (C=O) groups excluding carboxylic acids is 1. The molecule has 0 fully saturated rings. The second kappa shape index (κ2) is 10.0. The SMILES string of the molecule is COc1cc(CC(=O)O)ccc1-c1ccc(F)c2c1CN(C(=O)C[C@H]1CCOc3ccccc31)CC2. The number of benzene rings is 3. The van der Waals surface area contributed by atoms with Crippen LogP contribution in [-0.4, -0.2) is 42.1 Å². The van der Waals surface area contributed by atoms with Crippen molar-refractivity contribution in [3.05, 3.63) is 82.7 Å². The van der Waals surface area contributed by atoms with Gasteiger partial charge in [-0.1, -0.05) is 36.4 Å². The molecule has 1 atom stereocenters. The number of carboxylic acids is 1. The van der Waals surface area contributed by atoms with Crippen LogP contribution in [0.2, 0.25) is 0 Å². The fourth-order valence-electron chi connectivity index (χ4n) is 5.31. The molecule has 3 aromatic carbocycles. The fraction of sp³-hybridized carbons (Fsp3) is 0.310. The molecule has 36 heavy (non-hydrogen) atoms. The molecule has 5 rings (SSSR count). The highest BCUT2D eigenvalue weighted by Gasteiger charge is 2.30. The van der Waals surface area contributed by atoms with E-state index in [1.165, 1.54) is 13.2 Å². The smallest absolute Gasteiger partial charge is 0.307 e. The largest absolute Gasteiger partial charge is 0.496 e. The van der Waals surface area contributed by atoms with E-state index in [1.807, 2.05) is 35.2 Å². The number of aliphatic carboxylic acids is 1. The summed E-state index contributed by atoms with van der Waals surface area (Å²) in [4.78, 5) is 26.4. The van der Waals surface area contributed by atoms with Gasteiger partial charge in [-0.25, -0.2) is 4.39 Å². The average molecular weight is 490 g/mol. The Morgan fingerprint density at radius 3 is 2.72 bits per heavy atom. The third-order valence-electron chi connectivity index (χ3n) is 7.12. The minimum atomic E-state index is -0.926. The molecule has 0 spiro atoms. The highest BCUT2D eigenvalue weighted by molar-refractivity contribution is 5.80. The van der Waals surface area contributed by atoms with E-state index in [9.17, 15) is 14.0 Å². The third-order valence-corrected chi connectivity index (χ3v) is 7.12. The van der Waals surface area contributed by atoms with Crippen LogP contribution in [0.3, 0.4) is 0 Å². The Kier molecular flexibility index (Phi) is 6.63. The zero-order chi connectivity index (χ0) is 25.2. The zero-order valence-electron chi connectivity index (χ0n) is 20.1. The Labute approximate surface area is 209 Å². The van der Waals surface area contributed by atoms with E-state index in [-0.39, 0.29) is 24.1 Å². The van der Waals surface area contributed by atoms with Crippen LogP contribution >= 0.6 is 0 Å². The second-order valence-corrected chi connectivity index (χ2v) is 9.30. The number of amides is 1. The van der Waals surface area contributed by atoms with Gasteiger partial charge in [0.1, 0.15) is 17.3 Å². The van der Waals surface area contributed by atoms with E-state index in [4.69, 9.17) is 14.6 Å². The minimum absolute atomic E-state index is 0.0429. The maximum atomic E-state index is 14.8. The van der Waals surface area contributed by atoms with E-state index in [2.05, 4.69) is 0 Å². The molecule has 1 amide bonds. The summed E-state index contributed by atoms with van der Waals surface area (Å²) in [6.45, 7) is 1.36. The lowest BCUT2D eigenvalue weighted by atomic mass is 9.88. The molecule has 2 heterocycles. The molecule has 3 aromatic rings. The number of para-hydroxylation sites is 1. The van der Waals surface area contributed by atoms with Crippen molar-refractivity contribution >= 4 is 11.9 Å². The lowest BCUT2D eigenvalue weighted by molar-refractivity contribution is -0.136. The topological polar surface area (TPSA) is 76.1 Å². The Bertz CT molecular complexity index is 1320. The van der Waals surface area contributed by atoms with Crippen LogP contribution in [0.15, 0.2) is 54.6 Å². The minimum Gasteiger partial charge on any atom is -0.496 e. The molecule has 0 aliphatic carbocycles. The lowest BCUT2D eigenvalue weighted by Gasteiger charge is -2.33. The molecule has 6 nitrogen and oxygen atoms in total. The number of rotatable bonds is 6. The van der Waals surface area contributed by atoms with Gasteiger partial charge in [-0.3, -0.25) is 9.59 Å². The van der Waals surface area contributed by atoms with Crippen molar-refractivity contribution in [2.45, 2.75) is 38.1 Å². The molecule has 0 saturated heterocycles. The second-order valence-electron chi connectivity index (χ2n) is 9.30. The monoisotopic (exact) mass is 489 g/mol. The number of hydrogen-bond donors (Lipinski definition) is 1. The van der Waals surface area contributed by atoms with Crippen LogP contribution < -0.4 is 9.47 Å². The van der Waals surface area contributed by atoms with Gasteiger partial charge in [0, 0.05) is 25.1 Å². The summed E-state index contributed by atoms with van der Waals surface area (Å²) < 4.78 is 26.1. The molecule has 1 N–H and O–H groups in total. The van der Waals surface area contributed by atoms with E-state index in [0.29, 0.717) is 49.4 Å². The van der Waals surface area contributed by atoms with Gasteiger partial charge in [0.05, 0.1) is 20.1 Å². The average Bonchev–Trinajstić information content (AvgIpc) is 2.89. The van der Waals surface area contributed by atoms with Crippen molar-refractivity contribution in [1.82, 2.24) is 4.90 Å². The fourth-order valence-corrected chi connectivity index (χ4v) is 5.31. The zero-order valence-corrected chi connectivity index (χ0v) is 20.1. The van der Waals surface area contributed by atoms with Crippen molar-refractivity contribution in [2.24, 2.45) is 0 Å². The highest BCUT2D eigenvalue weighted by atomic mass is 19.1. The Balaban J connectivity index is 1.42. The van der Waals surface area contributed by atoms with Gasteiger partial charge in [-0.05, 0) is 64.8 Å². The first-order valence-corrected chi connectivity index (χ1v) is 12.1. The number of hydrogen-bond acceptors (Lipinski definition) is 4. The van der Waals surface area contributed by atoms with Crippen LogP contribution in [0.25, 0.3) is 11.1 Å². The molecular formula is C29H28FNO5. The lowest BCUT2D eigenvalue weighted by Crippen LogP contribution is -2.37. The number of nitrogens with zero attached hydrogens (tertiary/aromatic N) is 1. The van der Waals surface area contributed by atoms with Crippen LogP contribution in [0.5, 0.6) is 11.5 Å². The Morgan fingerprint density at radius 1 is 1.11 bits per heavy atom. The predicted molar refractivity (Wildman–Crippen MR) is 133 cm³/mol. The number of ether oxygens (including phenoxy) is 2. The van der Waals surface area contributed by atoms with Crippen LogP contribution in [0.4, 0.5) is 4.39 Å². The summed E-state index contributed by atoms with van der Waals surface area (Å²) in [5.41, 5.74) is 4.60. The van der Waals surface area contributed by atoms with Crippen molar-refractivity contribution in [3.63, 3.8) is 0 Å². The molecule has 2 aliphatic rings. The van der Waals surface area contributed by atoms with Crippen molar-refractivity contribution < 1.29 is 28.6 Å². The standard InChI is InChI=1S/C29H28FNO5/c1-35-27-14-18(15-29(33)34)6-7-23(27)21-8-9-25(30)22-10-12-31(17-24(21)22)28(32)16-19-11-13-36-26-5-3-2-4-20(19)26/h2-9,14,19H,10-13,15-17H2,1H3,(H,33,34)/t19-/m1/s1. The maximum Gasteiger partial charge on any atom is 0.307 e. The number of carboxylic acid groups (broad SMARTS) is 1. The molecule has 0 radical (unpaired) electrons. The van der Waals surface area contributed by atoms with E-state index < -0.39 is 5.97 Å². The van der Waals surface area contributed by atoms with Crippen LogP contribution in [0.1, 0.15) is 41.0 Å². The van der Waals surface area contributed by atoms with E-state index in [1.54, 1.807) is 18.2 Å². The quantitative estimate of drug-likeness (QED) is 0.529. The maximum absolute atomic E-state index is 14.8. The first-order valence-electron chi connectivity index (χ1n) is 12.1. The molecular weight excluding hydrogens is 461 g/mol. The molecule has 7 heteroatoms. The Hall–Kier alpha value is -3.87. The summed E-state index contributed by atoms with van der Waals surface area (Å²) >= 11 is 0. The van der Waals surface area contributed by atoms with Crippen LogP contribution in [-0.2, 0) is 29.0 Å². The van der Waals surface area contributed by atoms with Crippen molar-refractivity contribution in [3.8, 4) is 22.6 Å². The van der Waals surface area contributed by atoms with Crippen molar-refractivity contribution in [1.29, 1.82) is 0 Å². The van der Waals surface area contributed by atoms with E-state index in [0.717, 1.165) is 34.4 Å². The Morgan fingerprint density at radius 2 is 1.92 bits per heavy atom. The summed E-state index contributed by atoms with van der Waals surface area (Å²) in [7, 11) is 1.53. The van der Waals surface area contributed by atoms with Gasteiger partial charge in [0.15, 0.2) is 0 Å². The molecule has 0 saturated carbocycles. The van der Waals surface area contributed by atoms with Gasteiger partial charge >= 0.3 is 5.97 Å². The van der Waals surface area contributed by atoms with E-state index >= 15 is 0 Å². The number of carbonyl (C=O) groups is 2. The summed E-state index contributed by atoms with van der Waals surface area (Å²) in [5.74, 6) is 0.295. The van der Waals surface area contributed by atoms with Gasteiger partial charge in [-0.2, -0.15) is 0 Å². The molecule has 0 unspecified atom stereocenters. The first kappa shape index (κ1) is 23.9. The molecule has 2 aliphatic heterocycles. The number of halogens is 1. The third kappa shape index (κ3) is 4.65. The summed E-state index contributed by atoms with van der Waals surface area (Å²) in [6.07, 6.45) is 1.49. The van der Waals surface area contributed by atoms with Crippen LogP contribution in [0, 0.1) is 5.82 Å². The normalized spacial score (nSPS) is 16.5. The molecule has 0 bridgehead atoms. The molecule has 0 aromatic heterocycles. The first-order chi connectivity index (χ1) is 17.4. The van der Waals surface area contributed by atoms with Gasteiger partial charge < -0.3 is 19.5 Å². The highest BCUT2D eigenvalue weighted by Crippen LogP contribution is 2.39. The van der Waals surface area contributed by atoms with Gasteiger partial charge in [0.25, 0.3) is 0 Å². The van der Waals surface area contributed by atoms with Gasteiger partial charge in [0.2, 0.25) is 5.91 Å². The number of methoxy groups -OCH3 is 1. The predicted octanol–water partition coefficient (Wildman–Crippen LogP) is 4.97. The molecule has 186 valence electrons. The summed E-state index contributed by atoms with van der Waals surface area (Å²) in [5, 5.41) is 9.13. The van der Waals surface area contributed by atoms with Crippen molar-refractivity contribution in [2.75, 3.05) is 20.3 Å².